The standard InChI is InChI=1S/C21H32N4O3/c1-28-10-4-9-24-13-15-11-16(14-24)19(25-18(15)6-2-7-20(25)26)12-23-21(27)17-5-3-8-22-17/h3,5,8,15-16,18-19,22H,2,4,6-7,9-14H2,1H3,(H,23,27)/t15-,16+,18+,19+/m1/s1. The molecule has 0 unspecified atom stereocenters. The number of amides is 2. The number of hydrogen-bond donors (Lipinski definition) is 2. The Hall–Kier alpha value is -1.86. The van der Waals surface area contributed by atoms with Gasteiger partial charge in [0.05, 0.1) is 6.04 Å². The van der Waals surface area contributed by atoms with Gasteiger partial charge in [-0.15, -0.1) is 0 Å². The van der Waals surface area contributed by atoms with Gasteiger partial charge in [-0.05, 0) is 49.7 Å². The van der Waals surface area contributed by atoms with Gasteiger partial charge in [0.2, 0.25) is 5.91 Å². The number of aromatic amines is 1. The lowest BCUT2D eigenvalue weighted by Gasteiger charge is -2.56. The van der Waals surface area contributed by atoms with Crippen molar-refractivity contribution in [3.8, 4) is 0 Å². The molecule has 1 aromatic rings. The maximum atomic E-state index is 12.8. The van der Waals surface area contributed by atoms with Gasteiger partial charge in [-0.25, -0.2) is 0 Å². The lowest BCUT2D eigenvalue weighted by molar-refractivity contribution is -0.152. The predicted octanol–water partition coefficient (Wildman–Crippen LogP) is 1.48. The summed E-state index contributed by atoms with van der Waals surface area (Å²) in [5.74, 6) is 1.16. The molecule has 2 bridgehead atoms. The quantitative estimate of drug-likeness (QED) is 0.694. The molecule has 3 saturated heterocycles. The summed E-state index contributed by atoms with van der Waals surface area (Å²) in [7, 11) is 1.75. The molecule has 2 amide bonds. The summed E-state index contributed by atoms with van der Waals surface area (Å²) in [6, 6.07) is 4.02. The van der Waals surface area contributed by atoms with Crippen molar-refractivity contribution in [1.29, 1.82) is 0 Å². The normalized spacial score (nSPS) is 30.2. The van der Waals surface area contributed by atoms with Crippen molar-refractivity contribution in [1.82, 2.24) is 20.1 Å². The van der Waals surface area contributed by atoms with Crippen molar-refractivity contribution in [3.63, 3.8) is 0 Å². The van der Waals surface area contributed by atoms with Crippen molar-refractivity contribution in [2.24, 2.45) is 11.8 Å². The van der Waals surface area contributed by atoms with E-state index in [-0.39, 0.29) is 17.9 Å². The molecule has 28 heavy (non-hydrogen) atoms. The first kappa shape index (κ1) is 19.5. The number of ether oxygens (including phenoxy) is 1. The third kappa shape index (κ3) is 3.96. The van der Waals surface area contributed by atoms with Gasteiger partial charge >= 0.3 is 0 Å². The number of nitrogens with zero attached hydrogens (tertiary/aromatic N) is 2. The molecule has 7 heteroatoms. The van der Waals surface area contributed by atoms with Crippen LogP contribution < -0.4 is 5.32 Å². The third-order valence-electron chi connectivity index (χ3n) is 6.71. The zero-order valence-corrected chi connectivity index (χ0v) is 16.7. The van der Waals surface area contributed by atoms with E-state index in [2.05, 4.69) is 20.1 Å². The van der Waals surface area contributed by atoms with Gasteiger partial charge in [-0.1, -0.05) is 0 Å². The molecule has 0 spiro atoms. The number of likely N-dealkylation sites (tertiary alicyclic amines) is 1. The Kier molecular flexibility index (Phi) is 6.01. The summed E-state index contributed by atoms with van der Waals surface area (Å²) in [5, 5.41) is 3.08. The van der Waals surface area contributed by atoms with Crippen LogP contribution in [0.1, 0.15) is 42.6 Å². The van der Waals surface area contributed by atoms with E-state index in [4.69, 9.17) is 4.74 Å². The third-order valence-corrected chi connectivity index (χ3v) is 6.71. The minimum absolute atomic E-state index is 0.0955. The Morgan fingerprint density at radius 1 is 1.36 bits per heavy atom. The summed E-state index contributed by atoms with van der Waals surface area (Å²) < 4.78 is 5.22. The number of carbonyl (C=O) groups is 2. The van der Waals surface area contributed by atoms with Crippen molar-refractivity contribution in [2.75, 3.05) is 39.9 Å². The van der Waals surface area contributed by atoms with E-state index >= 15 is 0 Å². The average Bonchev–Trinajstić information content (AvgIpc) is 3.23. The summed E-state index contributed by atoms with van der Waals surface area (Å²) in [5.41, 5.74) is 0.569. The van der Waals surface area contributed by atoms with Crippen LogP contribution >= 0.6 is 0 Å². The minimum Gasteiger partial charge on any atom is -0.385 e. The van der Waals surface area contributed by atoms with Crippen LogP contribution in [0.3, 0.4) is 0 Å². The highest BCUT2D eigenvalue weighted by Gasteiger charge is 2.49. The summed E-state index contributed by atoms with van der Waals surface area (Å²) >= 11 is 0. The molecule has 0 saturated carbocycles. The summed E-state index contributed by atoms with van der Waals surface area (Å²) in [4.78, 5) is 32.9. The number of hydrogen-bond acceptors (Lipinski definition) is 4. The molecular formula is C21H32N4O3. The maximum absolute atomic E-state index is 12.8. The highest BCUT2D eigenvalue weighted by molar-refractivity contribution is 5.92. The van der Waals surface area contributed by atoms with Gasteiger partial charge in [0.1, 0.15) is 5.69 Å². The van der Waals surface area contributed by atoms with E-state index in [1.165, 1.54) is 0 Å². The molecule has 2 N–H and O–H groups in total. The van der Waals surface area contributed by atoms with Crippen LogP contribution in [-0.2, 0) is 9.53 Å². The van der Waals surface area contributed by atoms with Gasteiger partial charge < -0.3 is 24.8 Å². The molecule has 3 aliphatic heterocycles. The number of carbonyl (C=O) groups excluding carboxylic acids is 2. The molecule has 154 valence electrons. The van der Waals surface area contributed by atoms with E-state index in [0.717, 1.165) is 51.9 Å². The second-order valence-corrected chi connectivity index (χ2v) is 8.48. The van der Waals surface area contributed by atoms with E-state index in [9.17, 15) is 9.59 Å². The SMILES string of the molecule is COCCCN1C[C@H]2C[C@@H](C1)[C@H](CNC(=O)c1ccc[nH]1)N1C(=O)CCC[C@@H]21. The number of H-pyrrole nitrogens is 1. The monoisotopic (exact) mass is 388 g/mol. The molecule has 7 nitrogen and oxygen atoms in total. The molecule has 1 aromatic heterocycles. The highest BCUT2D eigenvalue weighted by Crippen LogP contribution is 2.41. The number of rotatable bonds is 7. The Morgan fingerprint density at radius 3 is 3.00 bits per heavy atom. The van der Waals surface area contributed by atoms with Crippen molar-refractivity contribution < 1.29 is 14.3 Å². The summed E-state index contributed by atoms with van der Waals surface area (Å²) in [6.45, 7) is 4.44. The second kappa shape index (κ2) is 8.66. The van der Waals surface area contributed by atoms with E-state index < -0.39 is 0 Å². The predicted molar refractivity (Wildman–Crippen MR) is 106 cm³/mol. The first-order valence-corrected chi connectivity index (χ1v) is 10.6. The van der Waals surface area contributed by atoms with Gasteiger partial charge in [0.25, 0.3) is 5.91 Å². The number of piperidine rings is 3. The fraction of sp³-hybridized carbons (Fsp3) is 0.714. The van der Waals surface area contributed by atoms with Crippen LogP contribution in [0.15, 0.2) is 18.3 Å². The first-order valence-electron chi connectivity index (χ1n) is 10.6. The zero-order valence-electron chi connectivity index (χ0n) is 16.7. The number of nitrogens with one attached hydrogen (secondary N) is 2. The largest absolute Gasteiger partial charge is 0.385 e. The molecule has 4 rings (SSSR count). The lowest BCUT2D eigenvalue weighted by Crippen LogP contribution is -2.67. The zero-order chi connectivity index (χ0) is 19.5. The van der Waals surface area contributed by atoms with E-state index in [1.807, 2.05) is 6.07 Å². The van der Waals surface area contributed by atoms with E-state index in [0.29, 0.717) is 36.5 Å². The van der Waals surface area contributed by atoms with Crippen molar-refractivity contribution in [2.45, 2.75) is 44.2 Å². The van der Waals surface area contributed by atoms with Gasteiger partial charge in [0, 0.05) is 58.6 Å². The molecule has 4 heterocycles. The smallest absolute Gasteiger partial charge is 0.267 e. The molecule has 3 aliphatic rings. The summed E-state index contributed by atoms with van der Waals surface area (Å²) in [6.07, 6.45) is 6.69. The van der Waals surface area contributed by atoms with Crippen molar-refractivity contribution >= 4 is 11.8 Å². The highest BCUT2D eigenvalue weighted by atomic mass is 16.5. The molecule has 0 aliphatic carbocycles. The maximum Gasteiger partial charge on any atom is 0.267 e. The lowest BCUT2D eigenvalue weighted by atomic mass is 9.72. The Bertz CT molecular complexity index is 677. The fourth-order valence-electron chi connectivity index (χ4n) is 5.51. The topological polar surface area (TPSA) is 77.7 Å². The van der Waals surface area contributed by atoms with Crippen LogP contribution in [0.25, 0.3) is 0 Å². The first-order chi connectivity index (χ1) is 13.7. The number of aromatic nitrogens is 1. The van der Waals surface area contributed by atoms with Crippen LogP contribution in [0.2, 0.25) is 0 Å². The molecule has 0 aromatic carbocycles. The van der Waals surface area contributed by atoms with Crippen LogP contribution in [0.4, 0.5) is 0 Å². The van der Waals surface area contributed by atoms with E-state index in [1.54, 1.807) is 19.4 Å². The average molecular weight is 389 g/mol. The Labute approximate surface area is 166 Å². The van der Waals surface area contributed by atoms with Crippen molar-refractivity contribution in [3.05, 3.63) is 24.0 Å². The van der Waals surface area contributed by atoms with Gasteiger partial charge in [-0.3, -0.25) is 9.59 Å². The second-order valence-electron chi connectivity index (χ2n) is 8.48. The Balaban J connectivity index is 1.47. The Morgan fingerprint density at radius 2 is 2.21 bits per heavy atom. The fourth-order valence-corrected chi connectivity index (χ4v) is 5.51. The van der Waals surface area contributed by atoms with Gasteiger partial charge in [0.15, 0.2) is 0 Å². The molecule has 3 fully saturated rings. The van der Waals surface area contributed by atoms with Crippen LogP contribution in [0, 0.1) is 11.8 Å². The molecular weight excluding hydrogens is 356 g/mol. The molecule has 4 atom stereocenters. The number of methoxy groups -OCH3 is 1. The van der Waals surface area contributed by atoms with Crippen LogP contribution in [0.5, 0.6) is 0 Å². The number of fused-ring (bicyclic) bond motifs is 4. The van der Waals surface area contributed by atoms with Crippen LogP contribution in [-0.4, -0.2) is 78.6 Å². The molecule has 0 radical (unpaired) electrons. The van der Waals surface area contributed by atoms with Gasteiger partial charge in [-0.2, -0.15) is 0 Å². The minimum atomic E-state index is -0.0964.